The monoisotopic (exact) mass is 263 g/mol. The molecule has 1 aromatic carbocycles. The predicted octanol–water partition coefficient (Wildman–Crippen LogP) is 2.81. The van der Waals surface area contributed by atoms with Gasteiger partial charge in [-0.1, -0.05) is 30.3 Å². The smallest absolute Gasteiger partial charge is 0.251 e. The molecule has 0 aliphatic carbocycles. The Labute approximate surface area is 116 Å². The van der Waals surface area contributed by atoms with Crippen LogP contribution in [0, 0.1) is 6.92 Å². The van der Waals surface area contributed by atoms with Crippen molar-refractivity contribution in [1.82, 2.24) is 15.0 Å². The van der Waals surface area contributed by atoms with E-state index < -0.39 is 0 Å². The van der Waals surface area contributed by atoms with Crippen molar-refractivity contribution in [3.05, 3.63) is 70.8 Å². The molecular weight excluding hydrogens is 250 g/mol. The molecule has 20 heavy (non-hydrogen) atoms. The third kappa shape index (κ3) is 2.49. The summed E-state index contributed by atoms with van der Waals surface area (Å²) in [7, 11) is 0. The highest BCUT2D eigenvalue weighted by atomic mass is 16.1. The van der Waals surface area contributed by atoms with Crippen LogP contribution in [0.2, 0.25) is 0 Å². The number of nitrogens with zero attached hydrogens (tertiary/aromatic N) is 2. The summed E-state index contributed by atoms with van der Waals surface area (Å²) in [5, 5.41) is 0. The number of aromatic amines is 1. The fraction of sp³-hybridized carbons (Fsp3) is 0.0625. The molecule has 1 N–H and O–H groups in total. The second kappa shape index (κ2) is 5.09. The van der Waals surface area contributed by atoms with E-state index in [-0.39, 0.29) is 5.56 Å². The van der Waals surface area contributed by atoms with Crippen LogP contribution in [0.15, 0.2) is 59.5 Å². The van der Waals surface area contributed by atoms with Crippen LogP contribution in [0.5, 0.6) is 0 Å². The van der Waals surface area contributed by atoms with Gasteiger partial charge in [0.05, 0.1) is 5.69 Å². The number of pyridine rings is 1. The molecule has 0 unspecified atom stereocenters. The second-order valence-corrected chi connectivity index (χ2v) is 4.53. The first-order valence-corrected chi connectivity index (χ1v) is 6.32. The van der Waals surface area contributed by atoms with Gasteiger partial charge in [0.15, 0.2) is 0 Å². The van der Waals surface area contributed by atoms with E-state index in [2.05, 4.69) is 15.0 Å². The van der Waals surface area contributed by atoms with Crippen molar-refractivity contribution in [1.29, 1.82) is 0 Å². The largest absolute Gasteiger partial charge is 0.306 e. The SMILES string of the molecule is Cc1ccc(-c2nc(-c3ccccc3)cc(=O)[nH]2)cn1. The molecule has 0 aliphatic heterocycles. The lowest BCUT2D eigenvalue weighted by molar-refractivity contribution is 1.11. The summed E-state index contributed by atoms with van der Waals surface area (Å²) in [4.78, 5) is 23.3. The van der Waals surface area contributed by atoms with Gasteiger partial charge >= 0.3 is 0 Å². The van der Waals surface area contributed by atoms with Gasteiger partial charge in [-0.25, -0.2) is 4.98 Å². The Hall–Kier alpha value is -2.75. The standard InChI is InChI=1S/C16H13N3O/c1-11-7-8-13(10-17-11)16-18-14(9-15(20)19-16)12-5-3-2-4-6-12/h2-10H,1H3,(H,18,19,20). The third-order valence-corrected chi connectivity index (χ3v) is 3.00. The number of hydrogen-bond acceptors (Lipinski definition) is 3. The number of rotatable bonds is 2. The van der Waals surface area contributed by atoms with E-state index in [0.717, 1.165) is 16.8 Å². The normalized spacial score (nSPS) is 10.4. The maximum Gasteiger partial charge on any atom is 0.251 e. The van der Waals surface area contributed by atoms with Crippen molar-refractivity contribution in [3.8, 4) is 22.6 Å². The fourth-order valence-corrected chi connectivity index (χ4v) is 1.96. The van der Waals surface area contributed by atoms with E-state index in [1.807, 2.05) is 49.4 Å². The van der Waals surface area contributed by atoms with Crippen molar-refractivity contribution < 1.29 is 0 Å². The molecule has 0 bridgehead atoms. The van der Waals surface area contributed by atoms with Crippen LogP contribution in [0.3, 0.4) is 0 Å². The van der Waals surface area contributed by atoms with Crippen LogP contribution >= 0.6 is 0 Å². The highest BCUT2D eigenvalue weighted by Gasteiger charge is 2.06. The molecule has 2 heterocycles. The maximum absolute atomic E-state index is 11.8. The molecule has 0 fully saturated rings. The van der Waals surface area contributed by atoms with Crippen LogP contribution in [-0.4, -0.2) is 15.0 Å². The average Bonchev–Trinajstić information content (AvgIpc) is 2.48. The maximum atomic E-state index is 11.8. The molecule has 2 aromatic heterocycles. The minimum Gasteiger partial charge on any atom is -0.306 e. The zero-order valence-corrected chi connectivity index (χ0v) is 11.0. The molecule has 3 rings (SSSR count). The molecule has 98 valence electrons. The number of H-pyrrole nitrogens is 1. The van der Waals surface area contributed by atoms with Crippen molar-refractivity contribution in [2.24, 2.45) is 0 Å². The first kappa shape index (κ1) is 12.3. The molecule has 4 heteroatoms. The topological polar surface area (TPSA) is 58.6 Å². The molecular formula is C16H13N3O. The Morgan fingerprint density at radius 3 is 2.50 bits per heavy atom. The quantitative estimate of drug-likeness (QED) is 0.773. The lowest BCUT2D eigenvalue weighted by Gasteiger charge is -2.04. The molecule has 0 spiro atoms. The number of aryl methyl sites for hydroxylation is 1. The van der Waals surface area contributed by atoms with Gasteiger partial charge < -0.3 is 4.98 Å². The molecule has 4 nitrogen and oxygen atoms in total. The zero-order chi connectivity index (χ0) is 13.9. The lowest BCUT2D eigenvalue weighted by atomic mass is 10.1. The van der Waals surface area contributed by atoms with E-state index >= 15 is 0 Å². The highest BCUT2D eigenvalue weighted by molar-refractivity contribution is 5.62. The Morgan fingerprint density at radius 1 is 1.00 bits per heavy atom. The van der Waals surface area contributed by atoms with Crippen molar-refractivity contribution in [3.63, 3.8) is 0 Å². The van der Waals surface area contributed by atoms with Crippen LogP contribution in [0.4, 0.5) is 0 Å². The van der Waals surface area contributed by atoms with Crippen LogP contribution in [-0.2, 0) is 0 Å². The van der Waals surface area contributed by atoms with Crippen LogP contribution in [0.1, 0.15) is 5.69 Å². The van der Waals surface area contributed by atoms with E-state index in [9.17, 15) is 4.79 Å². The van der Waals surface area contributed by atoms with Crippen LogP contribution in [0.25, 0.3) is 22.6 Å². The Kier molecular flexibility index (Phi) is 3.13. The highest BCUT2D eigenvalue weighted by Crippen LogP contribution is 2.18. The number of aromatic nitrogens is 3. The van der Waals surface area contributed by atoms with E-state index in [1.165, 1.54) is 6.07 Å². The Balaban J connectivity index is 2.12. The first-order valence-electron chi connectivity index (χ1n) is 6.32. The van der Waals surface area contributed by atoms with Crippen molar-refractivity contribution >= 4 is 0 Å². The Bertz CT molecular complexity index is 777. The molecule has 0 radical (unpaired) electrons. The lowest BCUT2D eigenvalue weighted by Crippen LogP contribution is -2.08. The Morgan fingerprint density at radius 2 is 1.80 bits per heavy atom. The number of benzene rings is 1. The van der Waals surface area contributed by atoms with Crippen molar-refractivity contribution in [2.75, 3.05) is 0 Å². The first-order chi connectivity index (χ1) is 9.72. The van der Waals surface area contributed by atoms with Gasteiger partial charge in [0.25, 0.3) is 5.56 Å². The molecule has 0 saturated heterocycles. The molecule has 0 amide bonds. The summed E-state index contributed by atoms with van der Waals surface area (Å²) in [5.41, 5.74) is 3.13. The van der Waals surface area contributed by atoms with Gasteiger partial charge in [-0.3, -0.25) is 9.78 Å². The van der Waals surface area contributed by atoms with Gasteiger partial charge in [0.1, 0.15) is 5.82 Å². The number of hydrogen-bond donors (Lipinski definition) is 1. The summed E-state index contributed by atoms with van der Waals surface area (Å²) < 4.78 is 0. The van der Waals surface area contributed by atoms with Gasteiger partial charge in [0, 0.05) is 29.1 Å². The summed E-state index contributed by atoms with van der Waals surface area (Å²) >= 11 is 0. The molecule has 0 aliphatic rings. The molecule has 0 saturated carbocycles. The molecule has 0 atom stereocenters. The van der Waals surface area contributed by atoms with Gasteiger partial charge in [0.2, 0.25) is 0 Å². The predicted molar refractivity (Wildman–Crippen MR) is 78.3 cm³/mol. The van der Waals surface area contributed by atoms with E-state index in [4.69, 9.17) is 0 Å². The zero-order valence-electron chi connectivity index (χ0n) is 11.0. The summed E-state index contributed by atoms with van der Waals surface area (Å²) in [6, 6.07) is 14.9. The summed E-state index contributed by atoms with van der Waals surface area (Å²) in [6.45, 7) is 1.92. The van der Waals surface area contributed by atoms with E-state index in [1.54, 1.807) is 6.20 Å². The van der Waals surface area contributed by atoms with E-state index in [0.29, 0.717) is 11.5 Å². The minimum absolute atomic E-state index is 0.172. The second-order valence-electron chi connectivity index (χ2n) is 4.53. The third-order valence-electron chi connectivity index (χ3n) is 3.00. The average molecular weight is 263 g/mol. The summed E-state index contributed by atoms with van der Waals surface area (Å²) in [6.07, 6.45) is 1.71. The fourth-order valence-electron chi connectivity index (χ4n) is 1.96. The van der Waals surface area contributed by atoms with Gasteiger partial charge in [-0.05, 0) is 19.1 Å². The van der Waals surface area contributed by atoms with Crippen molar-refractivity contribution in [2.45, 2.75) is 6.92 Å². The summed E-state index contributed by atoms with van der Waals surface area (Å²) in [5.74, 6) is 0.531. The van der Waals surface area contributed by atoms with Gasteiger partial charge in [-0.2, -0.15) is 0 Å². The molecule has 3 aromatic rings. The minimum atomic E-state index is -0.172. The number of nitrogens with one attached hydrogen (secondary N) is 1. The van der Waals surface area contributed by atoms with Gasteiger partial charge in [-0.15, -0.1) is 0 Å². The van der Waals surface area contributed by atoms with Crippen LogP contribution < -0.4 is 5.56 Å².